The summed E-state index contributed by atoms with van der Waals surface area (Å²) in [5, 5.41) is 0.622. The highest BCUT2D eigenvalue weighted by molar-refractivity contribution is 6.33. The SMILES string of the molecule is Cl.Cl.N[C@H]1CCC[C@@H](n2ccnc2-c2cc3c(cc2Cl)OCO3)C1. The lowest BCUT2D eigenvalue weighted by Gasteiger charge is -2.29. The van der Waals surface area contributed by atoms with Crippen molar-refractivity contribution in [3.05, 3.63) is 29.5 Å². The first-order chi connectivity index (χ1) is 10.7. The molecule has 2 aromatic rings. The third-order valence-electron chi connectivity index (χ3n) is 4.45. The molecule has 1 fully saturated rings. The summed E-state index contributed by atoms with van der Waals surface area (Å²) >= 11 is 6.43. The average Bonchev–Trinajstić information content (AvgIpc) is 3.14. The van der Waals surface area contributed by atoms with E-state index in [1.807, 2.05) is 18.5 Å². The van der Waals surface area contributed by atoms with Gasteiger partial charge in [-0.3, -0.25) is 0 Å². The molecule has 0 spiro atoms. The highest BCUT2D eigenvalue weighted by Gasteiger charge is 2.25. The van der Waals surface area contributed by atoms with E-state index in [2.05, 4.69) is 9.55 Å². The molecule has 1 aromatic carbocycles. The number of ether oxygens (including phenoxy) is 2. The van der Waals surface area contributed by atoms with Gasteiger partial charge in [0.05, 0.1) is 5.02 Å². The first-order valence-corrected chi connectivity index (χ1v) is 7.98. The largest absolute Gasteiger partial charge is 0.454 e. The number of benzene rings is 1. The summed E-state index contributed by atoms with van der Waals surface area (Å²) in [5.41, 5.74) is 7.00. The molecular formula is C16H20Cl3N3O2. The van der Waals surface area contributed by atoms with Gasteiger partial charge < -0.3 is 19.8 Å². The highest BCUT2D eigenvalue weighted by Crippen LogP contribution is 2.41. The molecule has 24 heavy (non-hydrogen) atoms. The van der Waals surface area contributed by atoms with Gasteiger partial charge in [-0.25, -0.2) is 4.98 Å². The summed E-state index contributed by atoms with van der Waals surface area (Å²) in [7, 11) is 0. The van der Waals surface area contributed by atoms with Gasteiger partial charge in [0.2, 0.25) is 6.79 Å². The Bertz CT molecular complexity index is 708. The number of hydrogen-bond donors (Lipinski definition) is 1. The summed E-state index contributed by atoms with van der Waals surface area (Å²) in [6.07, 6.45) is 8.18. The molecule has 5 nitrogen and oxygen atoms in total. The zero-order valence-electron chi connectivity index (χ0n) is 13.0. The van der Waals surface area contributed by atoms with Crippen LogP contribution in [-0.4, -0.2) is 22.4 Å². The van der Waals surface area contributed by atoms with Crippen molar-refractivity contribution in [2.45, 2.75) is 37.8 Å². The third kappa shape index (κ3) is 3.45. The van der Waals surface area contributed by atoms with Crippen LogP contribution in [0.25, 0.3) is 11.4 Å². The van der Waals surface area contributed by atoms with E-state index < -0.39 is 0 Å². The summed E-state index contributed by atoms with van der Waals surface area (Å²) < 4.78 is 13.0. The van der Waals surface area contributed by atoms with Gasteiger partial charge in [0.25, 0.3) is 0 Å². The Morgan fingerprint density at radius 1 is 1.17 bits per heavy atom. The Hall–Kier alpha value is -1.14. The van der Waals surface area contributed by atoms with Crippen molar-refractivity contribution >= 4 is 36.4 Å². The normalized spacial score (nSPS) is 21.8. The second kappa shape index (κ2) is 7.83. The minimum Gasteiger partial charge on any atom is -0.454 e. The number of rotatable bonds is 2. The van der Waals surface area contributed by atoms with Crippen LogP contribution in [-0.2, 0) is 0 Å². The van der Waals surface area contributed by atoms with E-state index in [-0.39, 0.29) is 37.6 Å². The van der Waals surface area contributed by atoms with Crippen molar-refractivity contribution in [2.75, 3.05) is 6.79 Å². The van der Waals surface area contributed by atoms with Gasteiger partial charge in [-0.15, -0.1) is 24.8 Å². The first-order valence-electron chi connectivity index (χ1n) is 7.60. The molecule has 0 amide bonds. The Morgan fingerprint density at radius 3 is 2.67 bits per heavy atom. The highest BCUT2D eigenvalue weighted by atomic mass is 35.5. The van der Waals surface area contributed by atoms with Crippen LogP contribution in [0.15, 0.2) is 24.5 Å². The van der Waals surface area contributed by atoms with Crippen LogP contribution in [0.2, 0.25) is 5.02 Å². The Balaban J connectivity index is 0.00000104. The molecule has 4 rings (SSSR count). The predicted molar refractivity (Wildman–Crippen MR) is 98.8 cm³/mol. The monoisotopic (exact) mass is 391 g/mol. The molecule has 1 aliphatic heterocycles. The molecule has 8 heteroatoms. The zero-order valence-corrected chi connectivity index (χ0v) is 15.4. The summed E-state index contributed by atoms with van der Waals surface area (Å²) in [4.78, 5) is 4.51. The maximum absolute atomic E-state index is 6.43. The zero-order chi connectivity index (χ0) is 15.1. The molecule has 0 radical (unpaired) electrons. The number of aromatic nitrogens is 2. The number of fused-ring (bicyclic) bond motifs is 1. The minimum atomic E-state index is 0. The van der Waals surface area contributed by atoms with E-state index >= 15 is 0 Å². The van der Waals surface area contributed by atoms with Crippen LogP contribution >= 0.6 is 36.4 Å². The standard InChI is InChI=1S/C16H18ClN3O2.2ClH/c17-13-8-15-14(21-9-22-15)7-12(13)16-19-4-5-20(16)11-3-1-2-10(18)6-11;;/h4-5,7-8,10-11H,1-3,6,9,18H2;2*1H/t10-,11+;;/m0../s1. The van der Waals surface area contributed by atoms with Crippen LogP contribution < -0.4 is 15.2 Å². The van der Waals surface area contributed by atoms with Gasteiger partial charge in [0.15, 0.2) is 11.5 Å². The van der Waals surface area contributed by atoms with E-state index in [0.717, 1.165) is 37.1 Å². The quantitative estimate of drug-likeness (QED) is 0.831. The van der Waals surface area contributed by atoms with Crippen molar-refractivity contribution in [2.24, 2.45) is 5.73 Å². The number of nitrogens with two attached hydrogens (primary N) is 1. The van der Waals surface area contributed by atoms with Crippen LogP contribution in [0.3, 0.4) is 0 Å². The molecule has 1 aliphatic carbocycles. The lowest BCUT2D eigenvalue weighted by atomic mass is 9.91. The van der Waals surface area contributed by atoms with Gasteiger partial charge in [0.1, 0.15) is 5.82 Å². The van der Waals surface area contributed by atoms with Crippen LogP contribution in [0, 0.1) is 0 Å². The van der Waals surface area contributed by atoms with Crippen molar-refractivity contribution in [3.63, 3.8) is 0 Å². The molecule has 1 aromatic heterocycles. The molecular weight excluding hydrogens is 373 g/mol. The Kier molecular flexibility index (Phi) is 6.26. The smallest absolute Gasteiger partial charge is 0.231 e. The maximum Gasteiger partial charge on any atom is 0.231 e. The molecule has 2 heterocycles. The van der Waals surface area contributed by atoms with E-state index in [9.17, 15) is 0 Å². The van der Waals surface area contributed by atoms with E-state index in [0.29, 0.717) is 22.6 Å². The van der Waals surface area contributed by atoms with Gasteiger partial charge in [-0.05, 0) is 31.7 Å². The fraction of sp³-hybridized carbons (Fsp3) is 0.438. The van der Waals surface area contributed by atoms with Crippen LogP contribution in [0.5, 0.6) is 11.5 Å². The molecule has 2 N–H and O–H groups in total. The first kappa shape index (κ1) is 19.2. The molecule has 0 bridgehead atoms. The third-order valence-corrected chi connectivity index (χ3v) is 4.77. The average molecular weight is 393 g/mol. The van der Waals surface area contributed by atoms with E-state index in [4.69, 9.17) is 26.8 Å². The van der Waals surface area contributed by atoms with E-state index in [1.54, 1.807) is 6.07 Å². The molecule has 2 aliphatic rings. The predicted octanol–water partition coefficient (Wildman–Crippen LogP) is 4.22. The molecule has 0 unspecified atom stereocenters. The molecule has 1 saturated carbocycles. The van der Waals surface area contributed by atoms with Crippen LogP contribution in [0.4, 0.5) is 0 Å². The Labute approximate surface area is 158 Å². The van der Waals surface area contributed by atoms with Crippen molar-refractivity contribution in [3.8, 4) is 22.9 Å². The van der Waals surface area contributed by atoms with Crippen molar-refractivity contribution < 1.29 is 9.47 Å². The molecule has 2 atom stereocenters. The molecule has 132 valence electrons. The lowest BCUT2D eigenvalue weighted by Crippen LogP contribution is -2.29. The maximum atomic E-state index is 6.43. The summed E-state index contributed by atoms with van der Waals surface area (Å²) in [6.45, 7) is 0.237. The Morgan fingerprint density at radius 2 is 1.92 bits per heavy atom. The lowest BCUT2D eigenvalue weighted by molar-refractivity contribution is 0.174. The van der Waals surface area contributed by atoms with Gasteiger partial charge in [0, 0.05) is 36.1 Å². The summed E-state index contributed by atoms with van der Waals surface area (Å²) in [6, 6.07) is 4.35. The number of hydrogen-bond acceptors (Lipinski definition) is 4. The molecule has 0 saturated heterocycles. The van der Waals surface area contributed by atoms with Gasteiger partial charge >= 0.3 is 0 Å². The summed E-state index contributed by atoms with van der Waals surface area (Å²) in [5.74, 6) is 2.27. The van der Waals surface area contributed by atoms with E-state index in [1.165, 1.54) is 0 Å². The second-order valence-electron chi connectivity index (χ2n) is 5.92. The van der Waals surface area contributed by atoms with Gasteiger partial charge in [-0.2, -0.15) is 0 Å². The van der Waals surface area contributed by atoms with Gasteiger partial charge in [-0.1, -0.05) is 11.6 Å². The van der Waals surface area contributed by atoms with Crippen molar-refractivity contribution in [1.82, 2.24) is 9.55 Å². The number of halogens is 3. The fourth-order valence-corrected chi connectivity index (χ4v) is 3.60. The van der Waals surface area contributed by atoms with Crippen LogP contribution in [0.1, 0.15) is 31.7 Å². The topological polar surface area (TPSA) is 62.3 Å². The minimum absolute atomic E-state index is 0. The number of imidazole rings is 1. The number of nitrogens with zero attached hydrogens (tertiary/aromatic N) is 2. The fourth-order valence-electron chi connectivity index (χ4n) is 3.36. The second-order valence-corrected chi connectivity index (χ2v) is 6.33. The van der Waals surface area contributed by atoms with Crippen molar-refractivity contribution in [1.29, 1.82) is 0 Å².